The molecule has 24 heavy (non-hydrogen) atoms. The normalized spacial score (nSPS) is 12.2. The number of aromatic nitrogens is 2. The van der Waals surface area contributed by atoms with E-state index in [-0.39, 0.29) is 10.4 Å². The lowest BCUT2D eigenvalue weighted by atomic mass is 10.2. The summed E-state index contributed by atoms with van der Waals surface area (Å²) in [6.07, 6.45) is -0.916. The number of hydrogen-bond acceptors (Lipinski definition) is 3. The van der Waals surface area contributed by atoms with Gasteiger partial charge in [-0.2, -0.15) is 5.10 Å². The Labute approximate surface area is 154 Å². The quantitative estimate of drug-likeness (QED) is 0.646. The number of nitrogens with zero attached hydrogens (tertiary/aromatic N) is 2. The molecule has 132 valence electrons. The molecule has 0 amide bonds. The summed E-state index contributed by atoms with van der Waals surface area (Å²) >= 11 is 5.40. The maximum absolute atomic E-state index is 13.0. The highest BCUT2D eigenvalue weighted by Gasteiger charge is 2.19. The van der Waals surface area contributed by atoms with Gasteiger partial charge in [0, 0.05) is 46.0 Å². The molecule has 0 unspecified atom stereocenters. The van der Waals surface area contributed by atoms with Crippen molar-refractivity contribution in [2.45, 2.75) is 49.9 Å². The third-order valence-corrected chi connectivity index (χ3v) is 5.45. The van der Waals surface area contributed by atoms with E-state index in [9.17, 15) is 8.78 Å². The van der Waals surface area contributed by atoms with E-state index in [0.29, 0.717) is 18.7 Å². The third kappa shape index (κ3) is 5.29. The molecule has 1 heterocycles. The lowest BCUT2D eigenvalue weighted by Crippen LogP contribution is -2.15. The number of nitrogens with one attached hydrogen (secondary N) is 1. The Kier molecular flexibility index (Phi) is 6.45. The molecule has 1 aromatic carbocycles. The second-order valence-electron chi connectivity index (χ2n) is 6.56. The first-order valence-electron chi connectivity index (χ1n) is 7.65. The fraction of sp³-hybridized carbons (Fsp3) is 0.471. The molecule has 2 aromatic rings. The minimum absolute atomic E-state index is 0.0881. The van der Waals surface area contributed by atoms with Gasteiger partial charge in [-0.1, -0.05) is 32.9 Å². The Bertz CT molecular complexity index is 696. The van der Waals surface area contributed by atoms with Crippen molar-refractivity contribution in [2.75, 3.05) is 0 Å². The van der Waals surface area contributed by atoms with Crippen molar-refractivity contribution in [1.82, 2.24) is 15.1 Å². The van der Waals surface area contributed by atoms with Gasteiger partial charge >= 0.3 is 0 Å². The average molecular weight is 418 g/mol. The standard InChI is InChI=1S/C17H22BrF2N3S/c1-17(2,3)24-15-11(6-5-7-13(15)18)8-21-9-12-10-23(4)22-14(12)16(19)20/h5-7,10,16,21H,8-9H2,1-4H3. The zero-order valence-corrected chi connectivity index (χ0v) is 16.6. The number of rotatable bonds is 6. The topological polar surface area (TPSA) is 29.9 Å². The first kappa shape index (κ1) is 19.4. The van der Waals surface area contributed by atoms with Crippen molar-refractivity contribution < 1.29 is 8.78 Å². The van der Waals surface area contributed by atoms with Crippen LogP contribution in [0.1, 0.15) is 44.0 Å². The largest absolute Gasteiger partial charge is 0.308 e. The monoisotopic (exact) mass is 417 g/mol. The predicted molar refractivity (Wildman–Crippen MR) is 98.5 cm³/mol. The number of hydrogen-bond donors (Lipinski definition) is 1. The molecule has 0 atom stereocenters. The Morgan fingerprint density at radius 2 is 1.92 bits per heavy atom. The molecule has 7 heteroatoms. The molecule has 0 saturated carbocycles. The Balaban J connectivity index is 2.09. The summed E-state index contributed by atoms with van der Waals surface area (Å²) in [4.78, 5) is 1.18. The van der Waals surface area contributed by atoms with E-state index in [1.807, 2.05) is 12.1 Å². The second kappa shape index (κ2) is 7.97. The smallest absolute Gasteiger partial charge is 0.282 e. The van der Waals surface area contributed by atoms with Crippen LogP contribution in [0.25, 0.3) is 0 Å². The summed E-state index contributed by atoms with van der Waals surface area (Å²) in [6.45, 7) is 7.46. The second-order valence-corrected chi connectivity index (χ2v) is 9.25. The number of thioether (sulfide) groups is 1. The third-order valence-electron chi connectivity index (χ3n) is 3.23. The molecular weight excluding hydrogens is 396 g/mol. The molecule has 0 spiro atoms. The van der Waals surface area contributed by atoms with Crippen LogP contribution >= 0.6 is 27.7 Å². The number of alkyl halides is 2. The number of aryl methyl sites for hydroxylation is 1. The van der Waals surface area contributed by atoms with Gasteiger partial charge in [-0.25, -0.2) is 8.78 Å². The van der Waals surface area contributed by atoms with Gasteiger partial charge in [-0.05, 0) is 27.6 Å². The SMILES string of the molecule is Cn1cc(CNCc2cccc(Br)c2SC(C)(C)C)c(C(F)F)n1. The molecule has 0 aliphatic carbocycles. The van der Waals surface area contributed by atoms with E-state index in [0.717, 1.165) is 10.0 Å². The summed E-state index contributed by atoms with van der Waals surface area (Å²) in [5.41, 5.74) is 1.53. The van der Waals surface area contributed by atoms with Crippen molar-refractivity contribution in [2.24, 2.45) is 7.05 Å². The Morgan fingerprint density at radius 3 is 2.54 bits per heavy atom. The van der Waals surface area contributed by atoms with Gasteiger partial charge in [0.05, 0.1) is 0 Å². The van der Waals surface area contributed by atoms with Crippen molar-refractivity contribution >= 4 is 27.7 Å². The first-order chi connectivity index (χ1) is 11.2. The van der Waals surface area contributed by atoms with Gasteiger partial charge in [-0.3, -0.25) is 4.68 Å². The zero-order valence-electron chi connectivity index (χ0n) is 14.2. The molecule has 0 fully saturated rings. The molecule has 0 bridgehead atoms. The number of halogens is 3. The van der Waals surface area contributed by atoms with Crippen molar-refractivity contribution in [3.63, 3.8) is 0 Å². The highest BCUT2D eigenvalue weighted by atomic mass is 79.9. The molecule has 0 aliphatic rings. The van der Waals surface area contributed by atoms with Crippen LogP contribution in [0.2, 0.25) is 0 Å². The maximum Gasteiger partial charge on any atom is 0.282 e. The zero-order chi connectivity index (χ0) is 17.9. The van der Waals surface area contributed by atoms with Gasteiger partial charge < -0.3 is 5.32 Å². The average Bonchev–Trinajstić information content (AvgIpc) is 2.82. The number of benzene rings is 1. The lowest BCUT2D eigenvalue weighted by Gasteiger charge is -2.21. The van der Waals surface area contributed by atoms with Crippen molar-refractivity contribution in [1.29, 1.82) is 0 Å². The first-order valence-corrected chi connectivity index (χ1v) is 9.26. The molecule has 0 radical (unpaired) electrons. The minimum Gasteiger partial charge on any atom is -0.308 e. The summed E-state index contributed by atoms with van der Waals surface area (Å²) in [6, 6.07) is 6.07. The van der Waals surface area contributed by atoms with E-state index in [2.05, 4.69) is 53.2 Å². The van der Waals surface area contributed by atoms with Crippen LogP contribution in [0.3, 0.4) is 0 Å². The summed E-state index contributed by atoms with van der Waals surface area (Å²) in [7, 11) is 1.65. The van der Waals surface area contributed by atoms with Crippen LogP contribution in [0, 0.1) is 0 Å². The van der Waals surface area contributed by atoms with Gasteiger partial charge in [0.1, 0.15) is 5.69 Å². The molecule has 3 nitrogen and oxygen atoms in total. The van der Waals surface area contributed by atoms with E-state index < -0.39 is 6.43 Å². The van der Waals surface area contributed by atoms with Crippen LogP contribution in [-0.2, 0) is 20.1 Å². The van der Waals surface area contributed by atoms with Crippen LogP contribution in [0.5, 0.6) is 0 Å². The highest BCUT2D eigenvalue weighted by Crippen LogP contribution is 2.38. The predicted octanol–water partition coefficient (Wildman–Crippen LogP) is 5.30. The lowest BCUT2D eigenvalue weighted by molar-refractivity contribution is 0.144. The van der Waals surface area contributed by atoms with Crippen LogP contribution in [0.15, 0.2) is 33.8 Å². The van der Waals surface area contributed by atoms with Gasteiger partial charge in [-0.15, -0.1) is 11.8 Å². The minimum atomic E-state index is -2.55. The molecule has 1 aromatic heterocycles. The Hall–Kier alpha value is -0.920. The van der Waals surface area contributed by atoms with Crippen LogP contribution in [0.4, 0.5) is 8.78 Å². The summed E-state index contributed by atoms with van der Waals surface area (Å²) in [5.74, 6) is 0. The van der Waals surface area contributed by atoms with Crippen molar-refractivity contribution in [3.8, 4) is 0 Å². The molecule has 2 rings (SSSR count). The molecule has 1 N–H and O–H groups in total. The van der Waals surface area contributed by atoms with Crippen LogP contribution < -0.4 is 5.32 Å². The molecule has 0 aliphatic heterocycles. The maximum atomic E-state index is 13.0. The van der Waals surface area contributed by atoms with Crippen molar-refractivity contribution in [3.05, 3.63) is 45.7 Å². The molecule has 0 saturated heterocycles. The van der Waals surface area contributed by atoms with E-state index in [1.165, 1.54) is 9.58 Å². The fourth-order valence-electron chi connectivity index (χ4n) is 2.32. The highest BCUT2D eigenvalue weighted by molar-refractivity contribution is 9.10. The molecular formula is C17H22BrF2N3S. The van der Waals surface area contributed by atoms with E-state index in [4.69, 9.17) is 0 Å². The van der Waals surface area contributed by atoms with Gasteiger partial charge in [0.25, 0.3) is 6.43 Å². The van der Waals surface area contributed by atoms with Gasteiger partial charge in [0.15, 0.2) is 0 Å². The fourth-order valence-corrected chi connectivity index (χ4v) is 4.02. The summed E-state index contributed by atoms with van der Waals surface area (Å²) < 4.78 is 28.5. The summed E-state index contributed by atoms with van der Waals surface area (Å²) in [5, 5.41) is 7.09. The van der Waals surface area contributed by atoms with E-state index >= 15 is 0 Å². The van der Waals surface area contributed by atoms with Crippen LogP contribution in [-0.4, -0.2) is 14.5 Å². The Morgan fingerprint density at radius 1 is 1.25 bits per heavy atom. The van der Waals surface area contributed by atoms with Gasteiger partial charge in [0.2, 0.25) is 0 Å². The van der Waals surface area contributed by atoms with E-state index in [1.54, 1.807) is 25.0 Å².